The fraction of sp³-hybridized carbons (Fsp3) is 0.444. The van der Waals surface area contributed by atoms with E-state index in [1.165, 1.54) is 0 Å². The van der Waals surface area contributed by atoms with Gasteiger partial charge in [0.1, 0.15) is 11.4 Å². The number of aryl methyl sites for hydroxylation is 1. The first kappa shape index (κ1) is 19.3. The molecule has 3 rings (SSSR count). The van der Waals surface area contributed by atoms with Crippen LogP contribution in [0.3, 0.4) is 0 Å². The van der Waals surface area contributed by atoms with E-state index in [0.717, 1.165) is 42.9 Å². The van der Waals surface area contributed by atoms with Gasteiger partial charge in [0.15, 0.2) is 5.69 Å². The molecule has 1 saturated heterocycles. The second kappa shape index (κ2) is 8.36. The highest BCUT2D eigenvalue weighted by atomic mass is 35.5. The third-order valence-electron chi connectivity index (χ3n) is 4.58. The van der Waals surface area contributed by atoms with Crippen LogP contribution in [0.15, 0.2) is 30.5 Å². The van der Waals surface area contributed by atoms with Gasteiger partial charge in [-0.05, 0) is 50.6 Å². The Hall–Kier alpha value is -2.05. The Morgan fingerprint density at radius 2 is 2.00 bits per heavy atom. The van der Waals surface area contributed by atoms with Crippen LogP contribution >= 0.6 is 12.4 Å². The molecule has 0 saturated carbocycles. The summed E-state index contributed by atoms with van der Waals surface area (Å²) < 4.78 is 7.11. The molecule has 0 radical (unpaired) electrons. The number of aromatic nitrogens is 2. The van der Waals surface area contributed by atoms with Crippen molar-refractivity contribution in [3.8, 4) is 11.4 Å². The van der Waals surface area contributed by atoms with Crippen molar-refractivity contribution in [2.24, 2.45) is 0 Å². The maximum atomic E-state index is 12.7. The number of hydrogen-bond donors (Lipinski definition) is 1. The van der Waals surface area contributed by atoms with Crippen molar-refractivity contribution in [3.05, 3.63) is 41.7 Å². The molecule has 0 bridgehead atoms. The van der Waals surface area contributed by atoms with Crippen LogP contribution in [-0.4, -0.2) is 53.9 Å². The fourth-order valence-corrected chi connectivity index (χ4v) is 3.08. The molecular weight excluding hydrogens is 340 g/mol. The molecule has 25 heavy (non-hydrogen) atoms. The zero-order valence-corrected chi connectivity index (χ0v) is 15.7. The molecule has 1 aromatic carbocycles. The van der Waals surface area contributed by atoms with E-state index in [-0.39, 0.29) is 18.3 Å². The van der Waals surface area contributed by atoms with Crippen molar-refractivity contribution >= 4 is 18.3 Å². The lowest BCUT2D eigenvalue weighted by Crippen LogP contribution is -2.44. The number of nitrogens with zero attached hydrogens (tertiary/aromatic N) is 3. The highest BCUT2D eigenvalue weighted by Gasteiger charge is 2.24. The van der Waals surface area contributed by atoms with E-state index in [4.69, 9.17) is 4.74 Å². The number of amides is 1. The third-order valence-corrected chi connectivity index (χ3v) is 4.58. The van der Waals surface area contributed by atoms with Gasteiger partial charge >= 0.3 is 0 Å². The van der Waals surface area contributed by atoms with Crippen molar-refractivity contribution < 1.29 is 9.53 Å². The summed E-state index contributed by atoms with van der Waals surface area (Å²) in [5.74, 6) is 0.729. The summed E-state index contributed by atoms with van der Waals surface area (Å²) in [6, 6.07) is 8.18. The molecule has 0 spiro atoms. The number of ether oxygens (including phenoxy) is 1. The first-order valence-electron chi connectivity index (χ1n) is 8.29. The minimum atomic E-state index is -0.00470. The fourth-order valence-electron chi connectivity index (χ4n) is 3.08. The number of halogens is 1. The SMILES string of the molecule is CNC1CCN(C(=O)c2ccn(-c3cc(C)ccc3OC)n2)CC1.Cl. The molecule has 1 N–H and O–H groups in total. The summed E-state index contributed by atoms with van der Waals surface area (Å²) in [7, 11) is 3.61. The van der Waals surface area contributed by atoms with E-state index in [1.807, 2.05) is 43.3 Å². The number of benzene rings is 1. The van der Waals surface area contributed by atoms with E-state index in [1.54, 1.807) is 17.9 Å². The highest BCUT2D eigenvalue weighted by Crippen LogP contribution is 2.24. The van der Waals surface area contributed by atoms with Crippen LogP contribution in [0.4, 0.5) is 0 Å². The van der Waals surface area contributed by atoms with Gasteiger partial charge in [0.2, 0.25) is 0 Å². The molecule has 2 heterocycles. The summed E-state index contributed by atoms with van der Waals surface area (Å²) in [6.45, 7) is 3.56. The van der Waals surface area contributed by atoms with Crippen LogP contribution in [0.1, 0.15) is 28.9 Å². The molecule has 1 amide bonds. The summed E-state index contributed by atoms with van der Waals surface area (Å²) in [5.41, 5.74) is 2.43. The van der Waals surface area contributed by atoms with E-state index < -0.39 is 0 Å². The molecule has 0 atom stereocenters. The van der Waals surface area contributed by atoms with Crippen molar-refractivity contribution in [2.75, 3.05) is 27.2 Å². The molecule has 0 unspecified atom stereocenters. The van der Waals surface area contributed by atoms with Crippen molar-refractivity contribution in [1.82, 2.24) is 20.0 Å². The Morgan fingerprint density at radius 3 is 2.64 bits per heavy atom. The average Bonchev–Trinajstić information content (AvgIpc) is 3.11. The molecule has 1 aromatic heterocycles. The van der Waals surface area contributed by atoms with Crippen LogP contribution in [-0.2, 0) is 0 Å². The quantitative estimate of drug-likeness (QED) is 0.905. The lowest BCUT2D eigenvalue weighted by molar-refractivity contribution is 0.0701. The van der Waals surface area contributed by atoms with E-state index >= 15 is 0 Å². The summed E-state index contributed by atoms with van der Waals surface area (Å²) >= 11 is 0. The molecule has 2 aromatic rings. The largest absolute Gasteiger partial charge is 0.494 e. The summed E-state index contributed by atoms with van der Waals surface area (Å²) in [5, 5.41) is 7.75. The van der Waals surface area contributed by atoms with Gasteiger partial charge in [-0.3, -0.25) is 4.79 Å². The lowest BCUT2D eigenvalue weighted by atomic mass is 10.1. The molecule has 7 heteroatoms. The number of carbonyl (C=O) groups is 1. The zero-order valence-electron chi connectivity index (χ0n) is 14.9. The van der Waals surface area contributed by atoms with E-state index in [9.17, 15) is 4.79 Å². The predicted molar refractivity (Wildman–Crippen MR) is 100 cm³/mol. The number of carbonyl (C=O) groups excluding carboxylic acids is 1. The Bertz CT molecular complexity index is 724. The number of piperidine rings is 1. The minimum absolute atomic E-state index is 0. The van der Waals surface area contributed by atoms with E-state index in [2.05, 4.69) is 10.4 Å². The average molecular weight is 365 g/mol. The van der Waals surface area contributed by atoms with Gasteiger partial charge < -0.3 is 15.0 Å². The molecule has 1 aliphatic rings. The third kappa shape index (κ3) is 4.14. The molecule has 1 fully saturated rings. The molecule has 136 valence electrons. The van der Waals surface area contributed by atoms with Crippen LogP contribution in [0.5, 0.6) is 5.75 Å². The van der Waals surface area contributed by atoms with E-state index in [0.29, 0.717) is 11.7 Å². The number of likely N-dealkylation sites (tertiary alicyclic amines) is 1. The van der Waals surface area contributed by atoms with Gasteiger partial charge in [-0.25, -0.2) is 4.68 Å². The normalized spacial score (nSPS) is 14.9. The highest BCUT2D eigenvalue weighted by molar-refractivity contribution is 5.92. The van der Waals surface area contributed by atoms with Gasteiger partial charge in [0, 0.05) is 25.3 Å². The number of rotatable bonds is 4. The first-order chi connectivity index (χ1) is 11.6. The zero-order chi connectivity index (χ0) is 17.1. The van der Waals surface area contributed by atoms with Crippen LogP contribution in [0.2, 0.25) is 0 Å². The smallest absolute Gasteiger partial charge is 0.274 e. The summed E-state index contributed by atoms with van der Waals surface area (Å²) in [4.78, 5) is 14.5. The van der Waals surface area contributed by atoms with Crippen LogP contribution < -0.4 is 10.1 Å². The van der Waals surface area contributed by atoms with Crippen LogP contribution in [0.25, 0.3) is 5.69 Å². The van der Waals surface area contributed by atoms with Crippen molar-refractivity contribution in [3.63, 3.8) is 0 Å². The number of methoxy groups -OCH3 is 1. The van der Waals surface area contributed by atoms with Crippen LogP contribution in [0, 0.1) is 6.92 Å². The second-order valence-electron chi connectivity index (χ2n) is 6.18. The van der Waals surface area contributed by atoms with Gasteiger partial charge in [0.05, 0.1) is 7.11 Å². The maximum absolute atomic E-state index is 12.7. The second-order valence-corrected chi connectivity index (χ2v) is 6.18. The minimum Gasteiger partial charge on any atom is -0.494 e. The van der Waals surface area contributed by atoms with Crippen molar-refractivity contribution in [2.45, 2.75) is 25.8 Å². The Kier molecular flexibility index (Phi) is 6.45. The lowest BCUT2D eigenvalue weighted by Gasteiger charge is -2.31. The first-order valence-corrected chi connectivity index (χ1v) is 8.29. The predicted octanol–water partition coefficient (Wildman–Crippen LogP) is 2.44. The Balaban J connectivity index is 0.00000225. The van der Waals surface area contributed by atoms with Gasteiger partial charge in [-0.2, -0.15) is 5.10 Å². The van der Waals surface area contributed by atoms with Gasteiger partial charge in [-0.1, -0.05) is 6.07 Å². The molecule has 6 nitrogen and oxygen atoms in total. The Morgan fingerprint density at radius 1 is 1.28 bits per heavy atom. The van der Waals surface area contributed by atoms with Gasteiger partial charge in [0.25, 0.3) is 5.91 Å². The van der Waals surface area contributed by atoms with Crippen molar-refractivity contribution in [1.29, 1.82) is 0 Å². The standard InChI is InChI=1S/C18H24N4O2.ClH/c1-13-4-5-17(24-3)16(12-13)22-11-8-15(20-22)18(23)21-9-6-14(19-2)7-10-21;/h4-5,8,11-12,14,19H,6-7,9-10H2,1-3H3;1H. The molecule has 0 aliphatic carbocycles. The topological polar surface area (TPSA) is 59.4 Å². The number of nitrogens with one attached hydrogen (secondary N) is 1. The monoisotopic (exact) mass is 364 g/mol. The number of hydrogen-bond acceptors (Lipinski definition) is 4. The molecular formula is C18H25ClN4O2. The Labute approximate surface area is 154 Å². The summed E-state index contributed by atoms with van der Waals surface area (Å²) in [6.07, 6.45) is 3.77. The maximum Gasteiger partial charge on any atom is 0.274 e. The molecule has 1 aliphatic heterocycles. The van der Waals surface area contributed by atoms with Gasteiger partial charge in [-0.15, -0.1) is 12.4 Å².